The average Bonchev–Trinajstić information content (AvgIpc) is 3.20. The van der Waals surface area contributed by atoms with Gasteiger partial charge in [-0.3, -0.25) is 4.52 Å². The fraction of sp³-hybridized carbons (Fsp3) is 0.455. The lowest BCUT2D eigenvalue weighted by atomic mass is 10.0. The number of nitrogens with two attached hydrogens (primary N) is 1. The van der Waals surface area contributed by atoms with Crippen LogP contribution in [0.2, 0.25) is 0 Å². The lowest BCUT2D eigenvalue weighted by molar-refractivity contribution is -0.105. The highest BCUT2D eigenvalue weighted by atomic mass is 32.1. The monoisotopic (exact) mass is 566 g/mol. The van der Waals surface area contributed by atoms with Crippen molar-refractivity contribution >= 4 is 50.8 Å². The number of phosphoric ester groups is 1. The number of phosphoric acid groups is 3. The topological polar surface area (TPSA) is 290 Å². The molecular formula is C11H14FN6O12P3S. The van der Waals surface area contributed by atoms with Crippen molar-refractivity contribution in [2.75, 3.05) is 12.3 Å². The Morgan fingerprint density at radius 3 is 2.56 bits per heavy atom. The summed E-state index contributed by atoms with van der Waals surface area (Å²) in [5, 5.41) is 14.9. The predicted molar refractivity (Wildman–Crippen MR) is 108 cm³/mol. The number of nitrogen functional groups attached to an aromatic ring is 1. The summed E-state index contributed by atoms with van der Waals surface area (Å²) in [5.74, 6) is 0.0733. The van der Waals surface area contributed by atoms with Gasteiger partial charge >= 0.3 is 23.5 Å². The van der Waals surface area contributed by atoms with Crippen LogP contribution in [-0.4, -0.2) is 59.3 Å². The summed E-state index contributed by atoms with van der Waals surface area (Å²) in [6, 6.07) is 0. The molecule has 188 valence electrons. The van der Waals surface area contributed by atoms with Gasteiger partial charge in [0.15, 0.2) is 11.9 Å². The van der Waals surface area contributed by atoms with Gasteiger partial charge < -0.3 is 35.2 Å². The molecule has 1 aliphatic rings. The number of anilines is 1. The van der Waals surface area contributed by atoms with Gasteiger partial charge in [0, 0.05) is 10.5 Å². The van der Waals surface area contributed by atoms with E-state index in [4.69, 9.17) is 25.8 Å². The van der Waals surface area contributed by atoms with Crippen molar-refractivity contribution in [3.05, 3.63) is 27.7 Å². The number of aliphatic hydroxyl groups excluding tert-OH is 1. The summed E-state index contributed by atoms with van der Waals surface area (Å²) >= 11 is 1.02. The van der Waals surface area contributed by atoms with Crippen molar-refractivity contribution in [1.82, 2.24) is 9.97 Å². The minimum absolute atomic E-state index is 0.0639. The van der Waals surface area contributed by atoms with E-state index in [-0.39, 0.29) is 16.9 Å². The molecule has 0 bridgehead atoms. The lowest BCUT2D eigenvalue weighted by Gasteiger charge is -2.27. The molecule has 2 aromatic rings. The summed E-state index contributed by atoms with van der Waals surface area (Å²) in [5.41, 5.74) is 12.1. The third kappa shape index (κ3) is 5.79. The quantitative estimate of drug-likeness (QED) is 0.108. The summed E-state index contributed by atoms with van der Waals surface area (Å²) in [7, 11) is -17.2. The van der Waals surface area contributed by atoms with Crippen LogP contribution in [0.25, 0.3) is 20.7 Å². The molecule has 7 N–H and O–H groups in total. The maximum Gasteiger partial charge on any atom is 0.490 e. The summed E-state index contributed by atoms with van der Waals surface area (Å²) in [6.45, 7) is -1.42. The Labute approximate surface area is 191 Å². The van der Waals surface area contributed by atoms with Crippen molar-refractivity contribution in [3.63, 3.8) is 0 Å². The molecule has 2 aromatic heterocycles. The molecule has 34 heavy (non-hydrogen) atoms. The second-order valence-electron chi connectivity index (χ2n) is 6.45. The zero-order valence-corrected chi connectivity index (χ0v) is 19.6. The largest absolute Gasteiger partial charge is 0.490 e. The third-order valence-electron chi connectivity index (χ3n) is 4.16. The van der Waals surface area contributed by atoms with E-state index in [1.165, 1.54) is 5.38 Å². The van der Waals surface area contributed by atoms with Crippen LogP contribution in [0.1, 0.15) is 11.7 Å². The number of alkyl halides is 1. The van der Waals surface area contributed by atoms with E-state index in [1.807, 2.05) is 0 Å². The Morgan fingerprint density at radius 2 is 1.94 bits per heavy atom. The summed E-state index contributed by atoms with van der Waals surface area (Å²) in [6.07, 6.45) is -5.16. The number of aliphatic hydroxyl groups is 1. The highest BCUT2D eigenvalue weighted by Crippen LogP contribution is 2.66. The van der Waals surface area contributed by atoms with Crippen LogP contribution in [0.5, 0.6) is 0 Å². The molecule has 18 nitrogen and oxygen atoms in total. The van der Waals surface area contributed by atoms with Crippen LogP contribution in [-0.2, 0) is 31.6 Å². The van der Waals surface area contributed by atoms with Crippen LogP contribution >= 0.6 is 34.8 Å². The van der Waals surface area contributed by atoms with Crippen molar-refractivity contribution in [2.45, 2.75) is 24.1 Å². The Bertz CT molecular complexity index is 1290. The second-order valence-corrected chi connectivity index (χ2v) is 11.8. The molecule has 3 heterocycles. The minimum atomic E-state index is -5.85. The van der Waals surface area contributed by atoms with Gasteiger partial charge in [0.05, 0.1) is 16.8 Å². The SMILES string of the molecule is [N-]=[N+]=N[C@]1(COP(=O)(O)OP(=O)(O)OP(=O)(O)O)O[C@@H](c2csc3c(N)ncnc23)[C@H](F)[C@@H]1O. The maximum absolute atomic E-state index is 15.0. The Kier molecular flexibility index (Phi) is 7.51. The standard InChI is InChI=1S/C11H14FN6O12P3S/c12-5-7(4-1-34-8-6(4)15-3-16-10(8)13)28-11(9(5)19,17-18-14)2-27-32(23,24)30-33(25,26)29-31(20,21)22/h1,3,5,7,9,19H,2H2,(H,23,24)(H,25,26)(H2,13,15,16)(H2,20,21,22)/t5-,7-,9-,11+/m0/s1. The smallest absolute Gasteiger partial charge is 0.387 e. The number of rotatable bonds is 9. The van der Waals surface area contributed by atoms with Crippen LogP contribution in [0.4, 0.5) is 10.2 Å². The lowest BCUT2D eigenvalue weighted by Crippen LogP contribution is -2.44. The molecule has 2 unspecified atom stereocenters. The predicted octanol–water partition coefficient (Wildman–Crippen LogP) is 1.39. The second kappa shape index (κ2) is 9.46. The third-order valence-corrected chi connectivity index (χ3v) is 8.96. The van der Waals surface area contributed by atoms with Crippen molar-refractivity contribution < 1.29 is 60.6 Å². The maximum atomic E-state index is 15.0. The van der Waals surface area contributed by atoms with Crippen molar-refractivity contribution in [3.8, 4) is 0 Å². The van der Waals surface area contributed by atoms with Crippen molar-refractivity contribution in [1.29, 1.82) is 0 Å². The number of thiophene rings is 1. The number of azide groups is 1. The van der Waals surface area contributed by atoms with E-state index < -0.39 is 54.2 Å². The highest BCUT2D eigenvalue weighted by Gasteiger charge is 2.57. The van der Waals surface area contributed by atoms with Gasteiger partial charge in [0.25, 0.3) is 0 Å². The number of aromatic nitrogens is 2. The first-order chi connectivity index (χ1) is 15.6. The van der Waals surface area contributed by atoms with Crippen LogP contribution in [0.15, 0.2) is 16.8 Å². The molecule has 0 spiro atoms. The molecule has 1 aliphatic heterocycles. The minimum Gasteiger partial charge on any atom is -0.387 e. The Morgan fingerprint density at radius 1 is 1.26 bits per heavy atom. The van der Waals surface area contributed by atoms with E-state index in [0.717, 1.165) is 17.7 Å². The molecule has 6 atom stereocenters. The van der Waals surface area contributed by atoms with E-state index in [0.29, 0.717) is 4.70 Å². The van der Waals surface area contributed by atoms with E-state index in [1.54, 1.807) is 0 Å². The molecular weight excluding hydrogens is 552 g/mol. The average molecular weight is 566 g/mol. The number of hydrogen-bond acceptors (Lipinski definition) is 13. The van der Waals surface area contributed by atoms with E-state index in [2.05, 4.69) is 33.1 Å². The number of hydrogen-bond donors (Lipinski definition) is 6. The molecule has 1 saturated heterocycles. The van der Waals surface area contributed by atoms with Gasteiger partial charge in [-0.1, -0.05) is 5.11 Å². The normalized spacial score (nSPS) is 28.8. The summed E-state index contributed by atoms with van der Waals surface area (Å²) in [4.78, 5) is 46.0. The molecule has 0 aromatic carbocycles. The number of ether oxygens (including phenoxy) is 1. The van der Waals surface area contributed by atoms with E-state index >= 15 is 4.39 Å². The molecule has 3 rings (SSSR count). The Hall–Kier alpha value is -1.59. The van der Waals surface area contributed by atoms with Crippen LogP contribution in [0, 0.1) is 0 Å². The number of fused-ring (bicyclic) bond motifs is 1. The summed E-state index contributed by atoms with van der Waals surface area (Å²) < 4.78 is 66.3. The molecule has 0 aliphatic carbocycles. The first-order valence-corrected chi connectivity index (χ1v) is 13.8. The van der Waals surface area contributed by atoms with Gasteiger partial charge in [-0.05, 0) is 10.9 Å². The first kappa shape index (κ1) is 27.0. The molecule has 1 fully saturated rings. The first-order valence-electron chi connectivity index (χ1n) is 8.42. The van der Waals surface area contributed by atoms with Crippen LogP contribution in [0.3, 0.4) is 0 Å². The fourth-order valence-corrected chi connectivity index (χ4v) is 6.87. The van der Waals surface area contributed by atoms with Gasteiger partial charge in [-0.15, -0.1) is 11.3 Å². The number of nitrogens with zero attached hydrogens (tertiary/aromatic N) is 5. The van der Waals surface area contributed by atoms with Crippen molar-refractivity contribution in [2.24, 2.45) is 5.11 Å². The zero-order chi connectivity index (χ0) is 25.5. The van der Waals surface area contributed by atoms with Gasteiger partial charge in [-0.2, -0.15) is 8.62 Å². The van der Waals surface area contributed by atoms with Crippen LogP contribution < -0.4 is 5.73 Å². The molecule has 0 amide bonds. The molecule has 0 saturated carbocycles. The Balaban J connectivity index is 1.86. The molecule has 23 heteroatoms. The van der Waals surface area contributed by atoms with E-state index in [9.17, 15) is 28.6 Å². The van der Waals surface area contributed by atoms with Gasteiger partial charge in [-0.25, -0.2) is 28.1 Å². The fourth-order valence-electron chi connectivity index (χ4n) is 2.88. The highest BCUT2D eigenvalue weighted by molar-refractivity contribution is 7.66. The van der Waals surface area contributed by atoms with Gasteiger partial charge in [0.2, 0.25) is 0 Å². The van der Waals surface area contributed by atoms with Gasteiger partial charge in [0.1, 0.15) is 24.4 Å². The zero-order valence-electron chi connectivity index (χ0n) is 16.1. The molecule has 0 radical (unpaired) electrons. The number of halogens is 1.